The normalized spacial score (nSPS) is 10.6. The summed E-state index contributed by atoms with van der Waals surface area (Å²) in [5.41, 5.74) is 1.17. The number of rotatable bonds is 1. The van der Waals surface area contributed by atoms with Gasteiger partial charge in [0.05, 0.1) is 11.6 Å². The van der Waals surface area contributed by atoms with Crippen molar-refractivity contribution in [3.8, 4) is 17.7 Å². The Kier molecular flexibility index (Phi) is 2.20. The van der Waals surface area contributed by atoms with Crippen LogP contribution in [0, 0.1) is 11.3 Å². The highest BCUT2D eigenvalue weighted by Crippen LogP contribution is 2.24. The summed E-state index contributed by atoms with van der Waals surface area (Å²) in [6.07, 6.45) is 1.75. The zero-order valence-electron chi connectivity index (χ0n) is 8.46. The summed E-state index contributed by atoms with van der Waals surface area (Å²) in [4.78, 5) is 0. The van der Waals surface area contributed by atoms with Gasteiger partial charge >= 0.3 is 0 Å². The molecule has 3 rings (SSSR count). The molecular formula is C11H5BrN4O. The van der Waals surface area contributed by atoms with E-state index in [-0.39, 0.29) is 0 Å². The van der Waals surface area contributed by atoms with E-state index in [0.29, 0.717) is 27.5 Å². The van der Waals surface area contributed by atoms with E-state index in [1.54, 1.807) is 34.9 Å². The van der Waals surface area contributed by atoms with Gasteiger partial charge in [0, 0.05) is 12.3 Å². The average molecular weight is 289 g/mol. The van der Waals surface area contributed by atoms with Gasteiger partial charge < -0.3 is 4.42 Å². The summed E-state index contributed by atoms with van der Waals surface area (Å²) in [6, 6.07) is 9.04. The van der Waals surface area contributed by atoms with Gasteiger partial charge in [0.1, 0.15) is 0 Å². The molecule has 0 unspecified atom stereocenters. The topological polar surface area (TPSA) is 67.1 Å². The Labute approximate surface area is 104 Å². The molecule has 5 nitrogen and oxygen atoms in total. The number of aromatic nitrogens is 3. The van der Waals surface area contributed by atoms with Crippen LogP contribution in [0.5, 0.6) is 0 Å². The van der Waals surface area contributed by atoms with Gasteiger partial charge in [-0.15, -0.1) is 10.2 Å². The summed E-state index contributed by atoms with van der Waals surface area (Å²) < 4.78 is 7.83. The molecule has 0 saturated carbocycles. The van der Waals surface area contributed by atoms with E-state index in [4.69, 9.17) is 9.68 Å². The molecule has 0 spiro atoms. The number of hydrogen-bond acceptors (Lipinski definition) is 4. The first-order valence-corrected chi connectivity index (χ1v) is 5.58. The van der Waals surface area contributed by atoms with Crippen molar-refractivity contribution in [3.63, 3.8) is 0 Å². The van der Waals surface area contributed by atoms with Crippen molar-refractivity contribution in [2.45, 2.75) is 0 Å². The minimum atomic E-state index is 0.553. The van der Waals surface area contributed by atoms with Crippen molar-refractivity contribution in [1.29, 1.82) is 5.26 Å². The molecule has 0 radical (unpaired) electrons. The minimum absolute atomic E-state index is 0.553. The SMILES string of the molecule is N#Cc1ccn2c(-c3ccc(Br)o3)nnc2c1. The van der Waals surface area contributed by atoms with Crippen LogP contribution in [0.3, 0.4) is 0 Å². The van der Waals surface area contributed by atoms with E-state index < -0.39 is 0 Å². The molecule has 0 N–H and O–H groups in total. The lowest BCUT2D eigenvalue weighted by atomic mass is 10.3. The quantitative estimate of drug-likeness (QED) is 0.690. The van der Waals surface area contributed by atoms with Crippen LogP contribution in [0.15, 0.2) is 39.5 Å². The largest absolute Gasteiger partial charge is 0.446 e. The summed E-state index contributed by atoms with van der Waals surface area (Å²) in [6.45, 7) is 0. The molecule has 82 valence electrons. The molecule has 6 heteroatoms. The number of furan rings is 1. The Morgan fingerprint density at radius 3 is 2.88 bits per heavy atom. The number of fused-ring (bicyclic) bond motifs is 1. The lowest BCUT2D eigenvalue weighted by Crippen LogP contribution is -1.88. The molecule has 0 amide bonds. The molecule has 0 bridgehead atoms. The average Bonchev–Trinajstić information content (AvgIpc) is 2.93. The Morgan fingerprint density at radius 2 is 2.18 bits per heavy atom. The highest BCUT2D eigenvalue weighted by molar-refractivity contribution is 9.10. The van der Waals surface area contributed by atoms with E-state index >= 15 is 0 Å². The van der Waals surface area contributed by atoms with Crippen LogP contribution >= 0.6 is 15.9 Å². The Bertz CT molecular complexity index is 737. The van der Waals surface area contributed by atoms with Gasteiger partial charge in [0.15, 0.2) is 16.1 Å². The van der Waals surface area contributed by atoms with E-state index in [2.05, 4.69) is 32.2 Å². The summed E-state index contributed by atoms with van der Waals surface area (Å²) >= 11 is 3.24. The van der Waals surface area contributed by atoms with Crippen molar-refractivity contribution in [2.24, 2.45) is 0 Å². The van der Waals surface area contributed by atoms with Crippen molar-refractivity contribution in [3.05, 3.63) is 40.7 Å². The Balaban J connectivity index is 2.22. The van der Waals surface area contributed by atoms with Crippen LogP contribution in [0.25, 0.3) is 17.2 Å². The zero-order chi connectivity index (χ0) is 11.8. The monoisotopic (exact) mass is 288 g/mol. The first kappa shape index (κ1) is 10.1. The van der Waals surface area contributed by atoms with Gasteiger partial charge in [0.25, 0.3) is 0 Å². The number of nitrogens with zero attached hydrogens (tertiary/aromatic N) is 4. The van der Waals surface area contributed by atoms with Crippen LogP contribution in [0.1, 0.15) is 5.56 Å². The fourth-order valence-corrected chi connectivity index (χ4v) is 1.87. The lowest BCUT2D eigenvalue weighted by Gasteiger charge is -1.96. The first-order chi connectivity index (χ1) is 8.28. The van der Waals surface area contributed by atoms with Gasteiger partial charge in [-0.05, 0) is 34.1 Å². The van der Waals surface area contributed by atoms with Crippen molar-refractivity contribution >= 4 is 21.6 Å². The number of hydrogen-bond donors (Lipinski definition) is 0. The molecule has 0 aliphatic carbocycles. The molecule has 0 fully saturated rings. The molecule has 0 aliphatic heterocycles. The second kappa shape index (κ2) is 3.71. The Hall–Kier alpha value is -2.13. The standard InChI is InChI=1S/C11H5BrN4O/c12-9-2-1-8(17-9)11-15-14-10-5-7(6-13)3-4-16(10)11/h1-5H. The smallest absolute Gasteiger partial charge is 0.204 e. The Morgan fingerprint density at radius 1 is 1.29 bits per heavy atom. The van der Waals surface area contributed by atoms with E-state index in [1.807, 2.05) is 0 Å². The van der Waals surface area contributed by atoms with Gasteiger partial charge in [-0.2, -0.15) is 5.26 Å². The van der Waals surface area contributed by atoms with E-state index in [1.165, 1.54) is 0 Å². The molecule has 0 aromatic carbocycles. The summed E-state index contributed by atoms with van der Waals surface area (Å²) in [5, 5.41) is 16.8. The van der Waals surface area contributed by atoms with Gasteiger partial charge in [-0.3, -0.25) is 4.40 Å². The molecule has 0 aliphatic rings. The second-order valence-electron chi connectivity index (χ2n) is 3.38. The van der Waals surface area contributed by atoms with Crippen molar-refractivity contribution in [2.75, 3.05) is 0 Å². The maximum absolute atomic E-state index is 8.79. The highest BCUT2D eigenvalue weighted by Gasteiger charge is 2.11. The summed E-state index contributed by atoms with van der Waals surface area (Å²) in [5.74, 6) is 1.23. The third kappa shape index (κ3) is 1.61. The summed E-state index contributed by atoms with van der Waals surface area (Å²) in [7, 11) is 0. The predicted octanol–water partition coefficient (Wildman–Crippen LogP) is 2.62. The second-order valence-corrected chi connectivity index (χ2v) is 4.16. The minimum Gasteiger partial charge on any atom is -0.446 e. The van der Waals surface area contributed by atoms with Gasteiger partial charge in [-0.1, -0.05) is 0 Å². The maximum atomic E-state index is 8.79. The fourth-order valence-electron chi connectivity index (χ4n) is 1.56. The molecular weight excluding hydrogens is 284 g/mol. The third-order valence-electron chi connectivity index (χ3n) is 2.33. The number of halogens is 1. The number of pyridine rings is 1. The molecule has 0 atom stereocenters. The van der Waals surface area contributed by atoms with Crippen LogP contribution in [-0.4, -0.2) is 14.6 Å². The molecule has 3 aromatic heterocycles. The molecule has 3 aromatic rings. The van der Waals surface area contributed by atoms with Crippen LogP contribution in [0.4, 0.5) is 0 Å². The van der Waals surface area contributed by atoms with Gasteiger partial charge in [0.2, 0.25) is 5.82 Å². The van der Waals surface area contributed by atoms with E-state index in [0.717, 1.165) is 0 Å². The molecule has 0 saturated heterocycles. The van der Waals surface area contributed by atoms with Crippen molar-refractivity contribution < 1.29 is 4.42 Å². The third-order valence-corrected chi connectivity index (χ3v) is 2.76. The van der Waals surface area contributed by atoms with Crippen LogP contribution < -0.4 is 0 Å². The zero-order valence-corrected chi connectivity index (χ0v) is 10.0. The first-order valence-electron chi connectivity index (χ1n) is 4.78. The molecule has 3 heterocycles. The molecule has 17 heavy (non-hydrogen) atoms. The highest BCUT2D eigenvalue weighted by atomic mass is 79.9. The van der Waals surface area contributed by atoms with E-state index in [9.17, 15) is 0 Å². The predicted molar refractivity (Wildman–Crippen MR) is 63.1 cm³/mol. The van der Waals surface area contributed by atoms with Crippen molar-refractivity contribution in [1.82, 2.24) is 14.6 Å². The van der Waals surface area contributed by atoms with Crippen LogP contribution in [0.2, 0.25) is 0 Å². The number of nitriles is 1. The van der Waals surface area contributed by atoms with Crippen LogP contribution in [-0.2, 0) is 0 Å². The fraction of sp³-hybridized carbons (Fsp3) is 0. The maximum Gasteiger partial charge on any atom is 0.204 e. The lowest BCUT2D eigenvalue weighted by molar-refractivity contribution is 0.550. The van der Waals surface area contributed by atoms with Gasteiger partial charge in [-0.25, -0.2) is 0 Å².